The third-order valence-corrected chi connectivity index (χ3v) is 3.03. The molecule has 2 rings (SSSR count). The molecule has 1 atom stereocenters. The summed E-state index contributed by atoms with van der Waals surface area (Å²) in [6.07, 6.45) is -0.447. The molecule has 1 aromatic rings. The van der Waals surface area contributed by atoms with Gasteiger partial charge in [0.2, 0.25) is 0 Å². The van der Waals surface area contributed by atoms with Crippen molar-refractivity contribution in [3.8, 4) is 5.75 Å². The monoisotopic (exact) mass is 234 g/mol. The number of anilines is 2. The average Bonchev–Trinajstić information content (AvgIpc) is 2.23. The molecule has 0 spiro atoms. The maximum atomic E-state index is 12.1. The Hall–Kier alpha value is -1.71. The van der Waals surface area contributed by atoms with Crippen molar-refractivity contribution >= 4 is 17.3 Å². The second kappa shape index (κ2) is 3.95. The smallest absolute Gasteiger partial charge is 0.268 e. The Labute approximate surface area is 101 Å². The molecule has 0 radical (unpaired) electrons. The van der Waals surface area contributed by atoms with Gasteiger partial charge >= 0.3 is 0 Å². The van der Waals surface area contributed by atoms with Gasteiger partial charge in [-0.25, -0.2) is 0 Å². The van der Waals surface area contributed by atoms with E-state index in [2.05, 4.69) is 0 Å². The van der Waals surface area contributed by atoms with Gasteiger partial charge in [-0.05, 0) is 30.5 Å². The molecule has 1 aliphatic heterocycles. The Kier molecular flexibility index (Phi) is 2.73. The predicted molar refractivity (Wildman–Crippen MR) is 68.3 cm³/mol. The maximum absolute atomic E-state index is 12.1. The summed E-state index contributed by atoms with van der Waals surface area (Å²) < 4.78 is 5.75. The summed E-state index contributed by atoms with van der Waals surface area (Å²) in [4.78, 5) is 13.7. The fourth-order valence-electron chi connectivity index (χ4n) is 2.07. The summed E-state index contributed by atoms with van der Waals surface area (Å²) in [6, 6.07) is 3.78. The van der Waals surface area contributed by atoms with Crippen LogP contribution in [0.2, 0.25) is 0 Å². The molecular formula is C13H18N2O2. The highest BCUT2D eigenvalue weighted by atomic mass is 16.5. The quantitative estimate of drug-likeness (QED) is 0.756. The van der Waals surface area contributed by atoms with E-state index in [1.807, 2.05) is 32.9 Å². The number of aryl methyl sites for hydroxylation is 1. The van der Waals surface area contributed by atoms with Crippen LogP contribution >= 0.6 is 0 Å². The Morgan fingerprint density at radius 2 is 2.06 bits per heavy atom. The summed E-state index contributed by atoms with van der Waals surface area (Å²) in [5.41, 5.74) is 8.31. The highest BCUT2D eigenvalue weighted by Gasteiger charge is 2.35. The Bertz CT molecular complexity index is 469. The van der Waals surface area contributed by atoms with E-state index < -0.39 is 6.10 Å². The number of nitrogens with zero attached hydrogens (tertiary/aromatic N) is 1. The van der Waals surface area contributed by atoms with Crippen LogP contribution in [-0.2, 0) is 4.79 Å². The standard InChI is InChI=1S/C13H18N2O2/c1-7(2)11-13(16)15(4)10-6-8(3)5-9(14)12(10)17-11/h5-7,11H,14H2,1-4H3. The summed E-state index contributed by atoms with van der Waals surface area (Å²) in [7, 11) is 1.76. The fraction of sp³-hybridized carbons (Fsp3) is 0.462. The van der Waals surface area contributed by atoms with Crippen LogP contribution in [0.25, 0.3) is 0 Å². The maximum Gasteiger partial charge on any atom is 0.268 e. The largest absolute Gasteiger partial charge is 0.476 e. The number of carbonyl (C=O) groups excluding carboxylic acids is 1. The van der Waals surface area contributed by atoms with Crippen molar-refractivity contribution in [1.29, 1.82) is 0 Å². The van der Waals surface area contributed by atoms with Gasteiger partial charge in [0.1, 0.15) is 0 Å². The lowest BCUT2D eigenvalue weighted by Gasteiger charge is -2.34. The number of fused-ring (bicyclic) bond motifs is 1. The zero-order valence-corrected chi connectivity index (χ0v) is 10.7. The first kappa shape index (κ1) is 11.8. The van der Waals surface area contributed by atoms with Gasteiger partial charge in [0.05, 0.1) is 11.4 Å². The highest BCUT2D eigenvalue weighted by Crippen LogP contribution is 2.40. The van der Waals surface area contributed by atoms with Crippen molar-refractivity contribution < 1.29 is 9.53 Å². The second-order valence-corrected chi connectivity index (χ2v) is 4.88. The van der Waals surface area contributed by atoms with Gasteiger partial charge in [-0.3, -0.25) is 4.79 Å². The van der Waals surface area contributed by atoms with E-state index in [4.69, 9.17) is 10.5 Å². The molecule has 0 aromatic heterocycles. The lowest BCUT2D eigenvalue weighted by molar-refractivity contribution is -0.127. The van der Waals surface area contributed by atoms with Gasteiger partial charge in [0.25, 0.3) is 5.91 Å². The number of hydrogen-bond donors (Lipinski definition) is 1. The van der Waals surface area contributed by atoms with Crippen molar-refractivity contribution in [2.24, 2.45) is 5.92 Å². The van der Waals surface area contributed by atoms with Crippen LogP contribution in [0.1, 0.15) is 19.4 Å². The summed E-state index contributed by atoms with van der Waals surface area (Å²) in [5, 5.41) is 0. The number of rotatable bonds is 1. The number of hydrogen-bond acceptors (Lipinski definition) is 3. The number of nitrogen functional groups attached to an aromatic ring is 1. The minimum Gasteiger partial charge on any atom is -0.476 e. The van der Waals surface area contributed by atoms with Crippen LogP contribution in [0.3, 0.4) is 0 Å². The Balaban J connectivity index is 2.53. The summed E-state index contributed by atoms with van der Waals surface area (Å²) in [6.45, 7) is 5.88. The molecule has 1 amide bonds. The zero-order chi connectivity index (χ0) is 12.7. The topological polar surface area (TPSA) is 55.6 Å². The minimum absolute atomic E-state index is 0.0162. The molecule has 0 saturated carbocycles. The lowest BCUT2D eigenvalue weighted by atomic mass is 10.0. The summed E-state index contributed by atoms with van der Waals surface area (Å²) >= 11 is 0. The van der Waals surface area contributed by atoms with Gasteiger partial charge < -0.3 is 15.4 Å². The van der Waals surface area contributed by atoms with Crippen molar-refractivity contribution in [2.75, 3.05) is 17.7 Å². The van der Waals surface area contributed by atoms with Crippen molar-refractivity contribution in [3.05, 3.63) is 17.7 Å². The molecule has 4 nitrogen and oxygen atoms in total. The van der Waals surface area contributed by atoms with Crippen molar-refractivity contribution in [2.45, 2.75) is 26.9 Å². The normalized spacial score (nSPS) is 19.2. The van der Waals surface area contributed by atoms with Crippen LogP contribution in [-0.4, -0.2) is 19.1 Å². The van der Waals surface area contributed by atoms with Gasteiger partial charge in [-0.1, -0.05) is 13.8 Å². The van der Waals surface area contributed by atoms with Crippen LogP contribution in [0.4, 0.5) is 11.4 Å². The number of carbonyl (C=O) groups is 1. The SMILES string of the molecule is Cc1cc(N)c2c(c1)N(C)C(=O)C(C(C)C)O2. The molecule has 1 aromatic carbocycles. The minimum atomic E-state index is -0.447. The van der Waals surface area contributed by atoms with Gasteiger partial charge in [-0.2, -0.15) is 0 Å². The first-order chi connectivity index (χ1) is 7.91. The first-order valence-corrected chi connectivity index (χ1v) is 5.76. The van der Waals surface area contributed by atoms with E-state index in [-0.39, 0.29) is 11.8 Å². The van der Waals surface area contributed by atoms with Crippen LogP contribution in [0.15, 0.2) is 12.1 Å². The molecule has 4 heteroatoms. The van der Waals surface area contributed by atoms with E-state index in [9.17, 15) is 4.79 Å². The van der Waals surface area contributed by atoms with Gasteiger partial charge in [0, 0.05) is 7.05 Å². The lowest BCUT2D eigenvalue weighted by Crippen LogP contribution is -2.46. The zero-order valence-electron chi connectivity index (χ0n) is 10.7. The van der Waals surface area contributed by atoms with Crippen molar-refractivity contribution in [3.63, 3.8) is 0 Å². The molecule has 0 bridgehead atoms. The molecule has 0 fully saturated rings. The van der Waals surface area contributed by atoms with E-state index in [1.54, 1.807) is 11.9 Å². The average molecular weight is 234 g/mol. The van der Waals surface area contributed by atoms with E-state index >= 15 is 0 Å². The van der Waals surface area contributed by atoms with E-state index in [1.165, 1.54) is 0 Å². The van der Waals surface area contributed by atoms with Crippen molar-refractivity contribution in [1.82, 2.24) is 0 Å². The molecule has 0 saturated heterocycles. The van der Waals surface area contributed by atoms with E-state index in [0.717, 1.165) is 11.3 Å². The Morgan fingerprint density at radius 3 is 2.65 bits per heavy atom. The van der Waals surface area contributed by atoms with E-state index in [0.29, 0.717) is 11.4 Å². The van der Waals surface area contributed by atoms with Crippen LogP contribution in [0.5, 0.6) is 5.75 Å². The van der Waals surface area contributed by atoms with Crippen LogP contribution < -0.4 is 15.4 Å². The molecule has 1 heterocycles. The molecular weight excluding hydrogens is 216 g/mol. The fourth-order valence-corrected chi connectivity index (χ4v) is 2.07. The Morgan fingerprint density at radius 1 is 1.41 bits per heavy atom. The number of amides is 1. The molecule has 92 valence electrons. The molecule has 17 heavy (non-hydrogen) atoms. The molecule has 2 N–H and O–H groups in total. The number of ether oxygens (including phenoxy) is 1. The van der Waals surface area contributed by atoms with Crippen LogP contribution in [0, 0.1) is 12.8 Å². The third-order valence-electron chi connectivity index (χ3n) is 3.03. The van der Waals surface area contributed by atoms with Gasteiger partial charge in [-0.15, -0.1) is 0 Å². The number of likely N-dealkylation sites (N-methyl/N-ethyl adjacent to an activating group) is 1. The number of benzene rings is 1. The first-order valence-electron chi connectivity index (χ1n) is 5.76. The molecule has 1 unspecified atom stereocenters. The predicted octanol–water partition coefficient (Wildman–Crippen LogP) is 1.96. The molecule has 0 aliphatic carbocycles. The molecule has 1 aliphatic rings. The third kappa shape index (κ3) is 1.84. The summed E-state index contributed by atoms with van der Waals surface area (Å²) in [5.74, 6) is 0.729. The van der Waals surface area contributed by atoms with Gasteiger partial charge in [0.15, 0.2) is 11.9 Å². The second-order valence-electron chi connectivity index (χ2n) is 4.88. The number of nitrogens with two attached hydrogens (primary N) is 1. The highest BCUT2D eigenvalue weighted by molar-refractivity contribution is 6.01.